The van der Waals surface area contributed by atoms with Crippen molar-refractivity contribution in [3.05, 3.63) is 96.1 Å². The number of nitrogens with one attached hydrogen (secondary N) is 1. The molecule has 1 N–H and O–H groups in total. The summed E-state index contributed by atoms with van der Waals surface area (Å²) in [5.41, 5.74) is 2.92. The van der Waals surface area contributed by atoms with E-state index in [-0.39, 0.29) is 12.2 Å². The number of ether oxygens (including phenoxy) is 2. The predicted octanol–water partition coefficient (Wildman–Crippen LogP) is 5.10. The van der Waals surface area contributed by atoms with Crippen LogP contribution in [0.2, 0.25) is 0 Å². The zero-order valence-electron chi connectivity index (χ0n) is 20.2. The smallest absolute Gasteiger partial charge is 0.229 e. The number of likely N-dealkylation sites (tertiary alicyclic amines) is 1. The number of hydrogen-bond donors (Lipinski definition) is 1. The highest BCUT2D eigenvalue weighted by atomic mass is 32.2. The van der Waals surface area contributed by atoms with Crippen LogP contribution in [-0.4, -0.2) is 51.9 Å². The third-order valence-corrected chi connectivity index (χ3v) is 6.72. The van der Waals surface area contributed by atoms with Crippen molar-refractivity contribution in [3.8, 4) is 5.75 Å². The molecule has 4 rings (SSSR count). The van der Waals surface area contributed by atoms with Crippen molar-refractivity contribution >= 4 is 15.7 Å². The maximum absolute atomic E-state index is 11.3. The molecule has 1 aliphatic rings. The zero-order valence-corrected chi connectivity index (χ0v) is 21.0. The molecule has 6 nitrogen and oxygen atoms in total. The van der Waals surface area contributed by atoms with E-state index in [1.807, 2.05) is 12.1 Å². The van der Waals surface area contributed by atoms with Gasteiger partial charge >= 0.3 is 0 Å². The van der Waals surface area contributed by atoms with Crippen molar-refractivity contribution in [3.63, 3.8) is 0 Å². The molecular weight excluding hydrogens is 460 g/mol. The van der Waals surface area contributed by atoms with Crippen LogP contribution in [0, 0.1) is 0 Å². The van der Waals surface area contributed by atoms with E-state index in [9.17, 15) is 8.42 Å². The Kier molecular flexibility index (Phi) is 8.79. The molecule has 0 saturated carbocycles. The molecule has 1 aliphatic heterocycles. The van der Waals surface area contributed by atoms with Gasteiger partial charge in [0.15, 0.2) is 0 Å². The fourth-order valence-electron chi connectivity index (χ4n) is 4.38. The maximum atomic E-state index is 11.3. The molecule has 1 fully saturated rings. The minimum atomic E-state index is -3.27. The Bertz CT molecular complexity index is 1090. The fourth-order valence-corrected chi connectivity index (χ4v) is 4.94. The first kappa shape index (κ1) is 25.2. The summed E-state index contributed by atoms with van der Waals surface area (Å²) in [6.07, 6.45) is 4.31. The minimum Gasteiger partial charge on any atom is -0.494 e. The second-order valence-corrected chi connectivity index (χ2v) is 10.7. The van der Waals surface area contributed by atoms with Gasteiger partial charge in [-0.15, -0.1) is 0 Å². The molecule has 35 heavy (non-hydrogen) atoms. The van der Waals surface area contributed by atoms with Gasteiger partial charge in [0.05, 0.1) is 19.0 Å². The molecule has 0 atom stereocenters. The minimum absolute atomic E-state index is 0.0404. The Labute approximate surface area is 208 Å². The molecule has 1 heterocycles. The first-order chi connectivity index (χ1) is 17.0. The van der Waals surface area contributed by atoms with Gasteiger partial charge in [-0.25, -0.2) is 8.42 Å². The third-order valence-electron chi connectivity index (χ3n) is 6.11. The number of benzene rings is 3. The Hall–Kier alpha value is -2.87. The number of nitrogens with zero attached hydrogens (tertiary/aromatic N) is 1. The highest BCUT2D eigenvalue weighted by Gasteiger charge is 2.24. The van der Waals surface area contributed by atoms with Crippen molar-refractivity contribution in [1.29, 1.82) is 0 Å². The Morgan fingerprint density at radius 3 is 2.00 bits per heavy atom. The molecular formula is C28H34N2O4S. The van der Waals surface area contributed by atoms with E-state index in [2.05, 4.69) is 58.2 Å². The number of piperidine rings is 1. The van der Waals surface area contributed by atoms with Gasteiger partial charge in [0.1, 0.15) is 11.9 Å². The quantitative estimate of drug-likeness (QED) is 0.376. The third kappa shape index (κ3) is 8.09. The van der Waals surface area contributed by atoms with Crippen molar-refractivity contribution in [2.75, 3.05) is 37.2 Å². The molecule has 186 valence electrons. The van der Waals surface area contributed by atoms with Crippen LogP contribution in [0.4, 0.5) is 5.69 Å². The predicted molar refractivity (Wildman–Crippen MR) is 140 cm³/mol. The van der Waals surface area contributed by atoms with E-state index in [1.54, 1.807) is 24.3 Å². The van der Waals surface area contributed by atoms with Gasteiger partial charge in [0.25, 0.3) is 0 Å². The first-order valence-corrected chi connectivity index (χ1v) is 14.0. The standard InChI is InChI=1S/C28H34N2O4S/c1-35(31,32)29-25-13-15-26(16-14-25)33-22-8-19-30-20-17-27(18-21-30)34-28(23-9-4-2-5-10-23)24-11-6-3-7-12-24/h2-7,9-16,27-29H,8,17-22H2,1H3. The normalized spacial score (nSPS) is 15.3. The van der Waals surface area contributed by atoms with E-state index in [0.29, 0.717) is 12.3 Å². The highest BCUT2D eigenvalue weighted by molar-refractivity contribution is 7.92. The summed E-state index contributed by atoms with van der Waals surface area (Å²) in [6, 6.07) is 27.9. The second-order valence-electron chi connectivity index (χ2n) is 8.98. The summed E-state index contributed by atoms with van der Waals surface area (Å²) >= 11 is 0. The summed E-state index contributed by atoms with van der Waals surface area (Å²) in [7, 11) is -3.27. The average Bonchev–Trinajstić information content (AvgIpc) is 2.87. The van der Waals surface area contributed by atoms with Crippen LogP contribution in [0.25, 0.3) is 0 Å². The number of hydrogen-bond acceptors (Lipinski definition) is 5. The molecule has 0 aromatic heterocycles. The SMILES string of the molecule is CS(=O)(=O)Nc1ccc(OCCCN2CCC(OC(c3ccccc3)c3ccccc3)CC2)cc1. The highest BCUT2D eigenvalue weighted by Crippen LogP contribution is 2.30. The second kappa shape index (κ2) is 12.2. The molecule has 0 aliphatic carbocycles. The van der Waals surface area contributed by atoms with Crippen molar-refractivity contribution in [1.82, 2.24) is 4.90 Å². The largest absolute Gasteiger partial charge is 0.494 e. The number of anilines is 1. The maximum Gasteiger partial charge on any atom is 0.229 e. The van der Waals surface area contributed by atoms with Crippen molar-refractivity contribution < 1.29 is 17.9 Å². The van der Waals surface area contributed by atoms with Crippen LogP contribution in [0.3, 0.4) is 0 Å². The van der Waals surface area contributed by atoms with Gasteiger partial charge < -0.3 is 14.4 Å². The summed E-state index contributed by atoms with van der Waals surface area (Å²) in [4.78, 5) is 2.47. The lowest BCUT2D eigenvalue weighted by molar-refractivity contribution is -0.0273. The summed E-state index contributed by atoms with van der Waals surface area (Å²) in [5, 5.41) is 0. The van der Waals surface area contributed by atoms with Crippen LogP contribution in [0.1, 0.15) is 36.5 Å². The lowest BCUT2D eigenvalue weighted by Gasteiger charge is -2.34. The van der Waals surface area contributed by atoms with E-state index >= 15 is 0 Å². The molecule has 3 aromatic rings. The average molecular weight is 495 g/mol. The molecule has 0 bridgehead atoms. The van der Waals surface area contributed by atoms with Crippen molar-refractivity contribution in [2.24, 2.45) is 0 Å². The fraction of sp³-hybridized carbons (Fsp3) is 0.357. The Balaban J connectivity index is 1.20. The van der Waals surface area contributed by atoms with E-state index in [4.69, 9.17) is 9.47 Å². The number of sulfonamides is 1. The van der Waals surface area contributed by atoms with Crippen LogP contribution in [0.15, 0.2) is 84.9 Å². The van der Waals surface area contributed by atoms with Gasteiger partial charge in [-0.05, 0) is 54.7 Å². The van der Waals surface area contributed by atoms with Crippen LogP contribution >= 0.6 is 0 Å². The Morgan fingerprint density at radius 2 is 1.46 bits per heavy atom. The monoisotopic (exact) mass is 494 g/mol. The van der Waals surface area contributed by atoms with Gasteiger partial charge in [-0.3, -0.25) is 4.72 Å². The molecule has 0 amide bonds. The van der Waals surface area contributed by atoms with E-state index in [0.717, 1.165) is 50.9 Å². The topological polar surface area (TPSA) is 67.9 Å². The molecule has 7 heteroatoms. The first-order valence-electron chi connectivity index (χ1n) is 12.1. The van der Waals surface area contributed by atoms with Gasteiger partial charge in [-0.1, -0.05) is 60.7 Å². The summed E-state index contributed by atoms with van der Waals surface area (Å²) in [6.45, 7) is 3.65. The summed E-state index contributed by atoms with van der Waals surface area (Å²) in [5.74, 6) is 0.740. The molecule has 0 radical (unpaired) electrons. The van der Waals surface area contributed by atoms with Gasteiger partial charge in [-0.2, -0.15) is 0 Å². The van der Waals surface area contributed by atoms with Crippen LogP contribution in [-0.2, 0) is 14.8 Å². The Morgan fingerprint density at radius 1 is 0.886 bits per heavy atom. The molecule has 3 aromatic carbocycles. The summed E-state index contributed by atoms with van der Waals surface area (Å²) < 4.78 is 37.5. The van der Waals surface area contributed by atoms with Crippen LogP contribution < -0.4 is 9.46 Å². The van der Waals surface area contributed by atoms with Gasteiger partial charge in [0.2, 0.25) is 10.0 Å². The van der Waals surface area contributed by atoms with Crippen molar-refractivity contribution in [2.45, 2.75) is 31.5 Å². The van der Waals surface area contributed by atoms with E-state index in [1.165, 1.54) is 11.1 Å². The van der Waals surface area contributed by atoms with Gasteiger partial charge in [0, 0.05) is 25.3 Å². The lowest BCUT2D eigenvalue weighted by atomic mass is 10.00. The zero-order chi connectivity index (χ0) is 24.5. The number of rotatable bonds is 11. The molecule has 0 unspecified atom stereocenters. The lowest BCUT2D eigenvalue weighted by Crippen LogP contribution is -2.38. The van der Waals surface area contributed by atoms with Crippen LogP contribution in [0.5, 0.6) is 5.75 Å². The molecule has 1 saturated heterocycles. The van der Waals surface area contributed by atoms with E-state index < -0.39 is 10.0 Å². The molecule has 0 spiro atoms.